The first-order valence-electron chi connectivity index (χ1n) is 12.5. The summed E-state index contributed by atoms with van der Waals surface area (Å²) in [7, 11) is 1.61. The lowest BCUT2D eigenvalue weighted by atomic mass is 10.1. The lowest BCUT2D eigenvalue weighted by Crippen LogP contribution is -2.12. The molecule has 0 atom stereocenters. The van der Waals surface area contributed by atoms with E-state index in [-0.39, 0.29) is 22.5 Å². The van der Waals surface area contributed by atoms with E-state index in [2.05, 4.69) is 27.2 Å². The molecule has 0 aliphatic carbocycles. The number of rotatable bonds is 15. The summed E-state index contributed by atoms with van der Waals surface area (Å²) in [6.45, 7) is 3.31. The summed E-state index contributed by atoms with van der Waals surface area (Å²) in [5.41, 5.74) is 0.348. The van der Waals surface area contributed by atoms with E-state index in [0.717, 1.165) is 24.2 Å². The van der Waals surface area contributed by atoms with Crippen molar-refractivity contribution in [1.82, 2.24) is 19.5 Å². The van der Waals surface area contributed by atoms with Gasteiger partial charge in [-0.2, -0.15) is 4.98 Å². The number of fused-ring (bicyclic) bond motifs is 1. The zero-order valence-electron chi connectivity index (χ0n) is 20.4. The Bertz CT molecular complexity index is 1140. The molecule has 0 bridgehead atoms. The topological polar surface area (TPSA) is 102 Å². The van der Waals surface area contributed by atoms with Gasteiger partial charge >= 0.3 is 5.56 Å². The van der Waals surface area contributed by atoms with Gasteiger partial charge in [0.25, 0.3) is 5.56 Å². The Kier molecular flexibility index (Phi) is 10.1. The normalized spacial score (nSPS) is 11.1. The van der Waals surface area contributed by atoms with Gasteiger partial charge in [-0.15, -0.1) is 0 Å². The molecule has 2 aromatic heterocycles. The van der Waals surface area contributed by atoms with Crippen LogP contribution in [0.3, 0.4) is 0 Å². The van der Waals surface area contributed by atoms with E-state index in [1.165, 1.54) is 57.7 Å². The number of methoxy groups -OCH3 is 1. The number of anilines is 1. The predicted octanol–water partition coefficient (Wildman–Crippen LogP) is 4.87. The minimum absolute atomic E-state index is 0.0711. The molecule has 0 amide bonds. The highest BCUT2D eigenvalue weighted by atomic mass is 16.5. The monoisotopic (exact) mass is 467 g/mol. The number of nitrogens with one attached hydrogen (secondary N) is 2. The van der Waals surface area contributed by atoms with Crippen LogP contribution < -0.4 is 21.2 Å². The number of nitrogens with zero attached hydrogens (tertiary/aromatic N) is 3. The van der Waals surface area contributed by atoms with E-state index >= 15 is 0 Å². The Morgan fingerprint density at radius 3 is 2.24 bits per heavy atom. The van der Waals surface area contributed by atoms with Crippen LogP contribution in [-0.4, -0.2) is 33.2 Å². The van der Waals surface area contributed by atoms with Gasteiger partial charge in [-0.1, -0.05) is 76.8 Å². The summed E-state index contributed by atoms with van der Waals surface area (Å²) in [5, 5.41) is 3.10. The summed E-state index contributed by atoms with van der Waals surface area (Å²) in [6, 6.07) is 7.54. The lowest BCUT2D eigenvalue weighted by molar-refractivity contribution is 0.414. The molecule has 0 aliphatic rings. The fraction of sp³-hybridized carbons (Fsp3) is 0.538. The van der Waals surface area contributed by atoms with Gasteiger partial charge in [0.1, 0.15) is 11.3 Å². The van der Waals surface area contributed by atoms with Crippen molar-refractivity contribution in [3.8, 4) is 5.75 Å². The van der Waals surface area contributed by atoms with Crippen molar-refractivity contribution in [2.24, 2.45) is 0 Å². The number of benzene rings is 1. The van der Waals surface area contributed by atoms with Gasteiger partial charge in [0.2, 0.25) is 5.95 Å². The Hall–Kier alpha value is -3.16. The molecule has 0 radical (unpaired) electrons. The van der Waals surface area contributed by atoms with Crippen LogP contribution in [-0.2, 0) is 6.54 Å². The van der Waals surface area contributed by atoms with Crippen LogP contribution in [0.25, 0.3) is 11.0 Å². The van der Waals surface area contributed by atoms with Crippen molar-refractivity contribution >= 4 is 17.0 Å². The van der Waals surface area contributed by atoms with E-state index in [1.54, 1.807) is 11.7 Å². The molecule has 8 heteroatoms. The molecule has 3 aromatic rings. The predicted molar refractivity (Wildman–Crippen MR) is 137 cm³/mol. The van der Waals surface area contributed by atoms with E-state index in [0.29, 0.717) is 13.1 Å². The third kappa shape index (κ3) is 7.43. The fourth-order valence-electron chi connectivity index (χ4n) is 4.08. The minimum Gasteiger partial charge on any atom is -0.497 e. The molecule has 0 fully saturated rings. The van der Waals surface area contributed by atoms with Crippen LogP contribution in [0.4, 0.5) is 5.95 Å². The SMILES string of the molecule is CCCCCCCCCCCCNc1nc(=O)c2ncn(Cc3ccc(OC)cc3)c2c(=O)[nH]1. The molecule has 0 saturated heterocycles. The van der Waals surface area contributed by atoms with Gasteiger partial charge in [0.05, 0.1) is 13.4 Å². The minimum atomic E-state index is -0.521. The lowest BCUT2D eigenvalue weighted by Gasteiger charge is -2.05. The maximum Gasteiger partial charge on any atom is 0.301 e. The fourth-order valence-corrected chi connectivity index (χ4v) is 4.08. The molecule has 34 heavy (non-hydrogen) atoms. The first-order chi connectivity index (χ1) is 16.6. The number of hydrogen-bond acceptors (Lipinski definition) is 6. The van der Waals surface area contributed by atoms with Crippen molar-refractivity contribution in [1.29, 1.82) is 0 Å². The Morgan fingerprint density at radius 1 is 0.941 bits per heavy atom. The quantitative estimate of drug-likeness (QED) is 0.309. The number of imidazole rings is 1. The second-order valence-corrected chi connectivity index (χ2v) is 8.75. The van der Waals surface area contributed by atoms with Gasteiger partial charge < -0.3 is 14.6 Å². The van der Waals surface area contributed by atoms with Crippen LogP contribution in [0.1, 0.15) is 76.7 Å². The maximum absolute atomic E-state index is 12.9. The number of ether oxygens (including phenoxy) is 1. The number of unbranched alkanes of at least 4 members (excludes halogenated alkanes) is 9. The first kappa shape index (κ1) is 25.5. The molecule has 2 N–H and O–H groups in total. The Morgan fingerprint density at radius 2 is 1.59 bits per heavy atom. The third-order valence-corrected chi connectivity index (χ3v) is 6.04. The van der Waals surface area contributed by atoms with Gasteiger partial charge in [0.15, 0.2) is 5.52 Å². The van der Waals surface area contributed by atoms with Crippen LogP contribution in [0, 0.1) is 0 Å². The molecular formula is C26H37N5O3. The number of aromatic nitrogens is 4. The summed E-state index contributed by atoms with van der Waals surface area (Å²) >= 11 is 0. The van der Waals surface area contributed by atoms with E-state index in [1.807, 2.05) is 24.3 Å². The zero-order valence-corrected chi connectivity index (χ0v) is 20.4. The smallest absolute Gasteiger partial charge is 0.301 e. The second-order valence-electron chi connectivity index (χ2n) is 8.75. The molecule has 0 unspecified atom stereocenters. The Balaban J connectivity index is 1.54. The molecule has 184 valence electrons. The first-order valence-corrected chi connectivity index (χ1v) is 12.5. The largest absolute Gasteiger partial charge is 0.497 e. The van der Waals surface area contributed by atoms with Crippen molar-refractivity contribution in [3.05, 3.63) is 56.9 Å². The van der Waals surface area contributed by atoms with E-state index in [4.69, 9.17) is 4.74 Å². The van der Waals surface area contributed by atoms with Gasteiger partial charge in [-0.05, 0) is 24.1 Å². The number of H-pyrrole nitrogens is 1. The highest BCUT2D eigenvalue weighted by Crippen LogP contribution is 2.14. The van der Waals surface area contributed by atoms with E-state index < -0.39 is 5.56 Å². The van der Waals surface area contributed by atoms with Crippen LogP contribution in [0.2, 0.25) is 0 Å². The van der Waals surface area contributed by atoms with Gasteiger partial charge in [-0.25, -0.2) is 4.98 Å². The Labute approximate surface area is 200 Å². The van der Waals surface area contributed by atoms with Crippen LogP contribution in [0.15, 0.2) is 40.2 Å². The number of aromatic amines is 1. The molecule has 0 aliphatic heterocycles. The zero-order chi connectivity index (χ0) is 24.2. The molecule has 3 rings (SSSR count). The molecule has 0 saturated carbocycles. The molecular weight excluding hydrogens is 430 g/mol. The summed E-state index contributed by atoms with van der Waals surface area (Å²) < 4.78 is 6.86. The average Bonchev–Trinajstić information content (AvgIpc) is 3.21. The summed E-state index contributed by atoms with van der Waals surface area (Å²) in [5.74, 6) is 0.951. The summed E-state index contributed by atoms with van der Waals surface area (Å²) in [4.78, 5) is 36.4. The third-order valence-electron chi connectivity index (χ3n) is 6.04. The van der Waals surface area contributed by atoms with Crippen LogP contribution >= 0.6 is 0 Å². The van der Waals surface area contributed by atoms with E-state index in [9.17, 15) is 9.59 Å². The molecule has 0 spiro atoms. The summed E-state index contributed by atoms with van der Waals surface area (Å²) in [6.07, 6.45) is 14.0. The molecule has 1 aromatic carbocycles. The van der Waals surface area contributed by atoms with Crippen molar-refractivity contribution < 1.29 is 4.74 Å². The van der Waals surface area contributed by atoms with Gasteiger partial charge in [0, 0.05) is 13.1 Å². The standard InChI is InChI=1S/C26H37N5O3/c1-3-4-5-6-7-8-9-10-11-12-17-27-26-29-24(32)22-23(25(33)30-26)31(19-28-22)18-20-13-15-21(34-2)16-14-20/h13-16,19H,3-12,17-18H2,1-2H3,(H2,27,29,30,32,33). The van der Waals surface area contributed by atoms with Crippen molar-refractivity contribution in [3.63, 3.8) is 0 Å². The van der Waals surface area contributed by atoms with Gasteiger partial charge in [-0.3, -0.25) is 14.6 Å². The molecule has 8 nitrogen and oxygen atoms in total. The van der Waals surface area contributed by atoms with Crippen molar-refractivity contribution in [2.45, 2.75) is 77.7 Å². The number of hydrogen-bond donors (Lipinski definition) is 2. The van der Waals surface area contributed by atoms with Crippen LogP contribution in [0.5, 0.6) is 5.75 Å². The van der Waals surface area contributed by atoms with Crippen molar-refractivity contribution in [2.75, 3.05) is 19.0 Å². The maximum atomic E-state index is 12.9. The molecule has 2 heterocycles. The average molecular weight is 468 g/mol. The second kappa shape index (κ2) is 13.5. The highest BCUT2D eigenvalue weighted by molar-refractivity contribution is 5.73. The highest BCUT2D eigenvalue weighted by Gasteiger charge is 2.12.